The van der Waals surface area contributed by atoms with Gasteiger partial charge < -0.3 is 10.4 Å². The molecule has 0 fully saturated rings. The van der Waals surface area contributed by atoms with Crippen molar-refractivity contribution in [3.63, 3.8) is 0 Å². The standard InChI is InChI=1S/C12H13ClF4N2O2/c1-19(5-10(20)12(15,16)17)6-11(21)18-9-4-7(13)2-3-8(9)14/h2-4,10,20H,5-6H2,1H3,(H,18,21). The van der Waals surface area contributed by atoms with E-state index in [4.69, 9.17) is 16.7 Å². The zero-order valence-electron chi connectivity index (χ0n) is 10.9. The molecule has 0 aromatic heterocycles. The van der Waals surface area contributed by atoms with Crippen LogP contribution in [0.25, 0.3) is 0 Å². The van der Waals surface area contributed by atoms with E-state index in [9.17, 15) is 22.4 Å². The van der Waals surface area contributed by atoms with E-state index < -0.39 is 37.1 Å². The molecule has 1 atom stereocenters. The largest absolute Gasteiger partial charge is 0.415 e. The highest BCUT2D eigenvalue weighted by molar-refractivity contribution is 6.30. The molecular formula is C12H13ClF4N2O2. The van der Waals surface area contributed by atoms with Crippen LogP contribution in [0.4, 0.5) is 23.2 Å². The number of rotatable bonds is 5. The molecule has 1 aromatic rings. The van der Waals surface area contributed by atoms with Gasteiger partial charge in [-0.2, -0.15) is 13.2 Å². The number of benzene rings is 1. The van der Waals surface area contributed by atoms with Crippen LogP contribution in [0, 0.1) is 5.82 Å². The third-order valence-electron chi connectivity index (χ3n) is 2.48. The molecule has 0 radical (unpaired) electrons. The Morgan fingerprint density at radius 1 is 1.48 bits per heavy atom. The quantitative estimate of drug-likeness (QED) is 0.815. The van der Waals surface area contributed by atoms with Crippen LogP contribution in [0.15, 0.2) is 18.2 Å². The van der Waals surface area contributed by atoms with Gasteiger partial charge >= 0.3 is 6.18 Å². The van der Waals surface area contributed by atoms with E-state index in [0.717, 1.165) is 11.0 Å². The monoisotopic (exact) mass is 328 g/mol. The molecule has 2 N–H and O–H groups in total. The highest BCUT2D eigenvalue weighted by atomic mass is 35.5. The van der Waals surface area contributed by atoms with E-state index in [1.54, 1.807) is 0 Å². The molecular weight excluding hydrogens is 316 g/mol. The van der Waals surface area contributed by atoms with Gasteiger partial charge in [0.05, 0.1) is 12.2 Å². The van der Waals surface area contributed by atoms with Crippen LogP contribution in [0.5, 0.6) is 0 Å². The summed E-state index contributed by atoms with van der Waals surface area (Å²) in [6, 6.07) is 3.52. The average molecular weight is 329 g/mol. The minimum absolute atomic E-state index is 0.169. The van der Waals surface area contributed by atoms with Crippen LogP contribution < -0.4 is 5.32 Å². The van der Waals surface area contributed by atoms with Crippen molar-refractivity contribution in [2.75, 3.05) is 25.5 Å². The second kappa shape index (κ2) is 7.06. The summed E-state index contributed by atoms with van der Waals surface area (Å²) in [6.07, 6.45) is -7.32. The fourth-order valence-electron chi connectivity index (χ4n) is 1.49. The zero-order valence-corrected chi connectivity index (χ0v) is 11.7. The summed E-state index contributed by atoms with van der Waals surface area (Å²) in [5, 5.41) is 11.3. The van der Waals surface area contributed by atoms with E-state index in [-0.39, 0.29) is 10.7 Å². The summed E-state index contributed by atoms with van der Waals surface area (Å²) >= 11 is 5.64. The van der Waals surface area contributed by atoms with Crippen LogP contribution in [0.3, 0.4) is 0 Å². The number of hydrogen-bond donors (Lipinski definition) is 2. The Kier molecular flexibility index (Phi) is 5.94. The topological polar surface area (TPSA) is 52.6 Å². The van der Waals surface area contributed by atoms with E-state index in [1.165, 1.54) is 19.2 Å². The first-order chi connectivity index (χ1) is 9.59. The van der Waals surface area contributed by atoms with Gasteiger partial charge in [-0.3, -0.25) is 9.69 Å². The summed E-state index contributed by atoms with van der Waals surface area (Å²) in [7, 11) is 1.23. The first-order valence-electron chi connectivity index (χ1n) is 5.78. The second-order valence-electron chi connectivity index (χ2n) is 4.43. The summed E-state index contributed by atoms with van der Waals surface area (Å²) in [5.41, 5.74) is -0.169. The van der Waals surface area contributed by atoms with E-state index in [2.05, 4.69) is 5.32 Å². The summed E-state index contributed by atoms with van der Waals surface area (Å²) < 4.78 is 49.8. The average Bonchev–Trinajstić information content (AvgIpc) is 2.32. The smallest absolute Gasteiger partial charge is 0.382 e. The number of alkyl halides is 3. The summed E-state index contributed by atoms with van der Waals surface area (Å²) in [5.74, 6) is -1.45. The molecule has 0 bridgehead atoms. The Morgan fingerprint density at radius 3 is 2.67 bits per heavy atom. The van der Waals surface area contributed by atoms with Crippen molar-refractivity contribution in [1.82, 2.24) is 4.90 Å². The predicted molar refractivity (Wildman–Crippen MR) is 69.6 cm³/mol. The maximum Gasteiger partial charge on any atom is 0.415 e. The second-order valence-corrected chi connectivity index (χ2v) is 4.86. The van der Waals surface area contributed by atoms with Gasteiger partial charge in [-0.15, -0.1) is 0 Å². The third-order valence-corrected chi connectivity index (χ3v) is 2.71. The van der Waals surface area contributed by atoms with Crippen LogP contribution in [0.2, 0.25) is 5.02 Å². The van der Waals surface area contributed by atoms with Gasteiger partial charge in [-0.1, -0.05) is 11.6 Å². The Hall–Kier alpha value is -1.38. The van der Waals surface area contributed by atoms with Crippen molar-refractivity contribution < 1.29 is 27.5 Å². The first-order valence-corrected chi connectivity index (χ1v) is 6.15. The fraction of sp³-hybridized carbons (Fsp3) is 0.417. The number of aliphatic hydroxyl groups is 1. The Balaban J connectivity index is 2.55. The molecule has 21 heavy (non-hydrogen) atoms. The molecule has 1 rings (SSSR count). The first kappa shape index (κ1) is 17.7. The number of nitrogens with one attached hydrogen (secondary N) is 1. The van der Waals surface area contributed by atoms with Gasteiger partial charge in [0, 0.05) is 11.6 Å². The van der Waals surface area contributed by atoms with Crippen molar-refractivity contribution in [2.24, 2.45) is 0 Å². The lowest BCUT2D eigenvalue weighted by Crippen LogP contribution is -2.42. The molecule has 4 nitrogen and oxygen atoms in total. The van der Waals surface area contributed by atoms with Crippen molar-refractivity contribution in [2.45, 2.75) is 12.3 Å². The number of hydrogen-bond acceptors (Lipinski definition) is 3. The molecule has 0 aliphatic carbocycles. The van der Waals surface area contributed by atoms with Gasteiger partial charge in [-0.25, -0.2) is 4.39 Å². The van der Waals surface area contributed by atoms with E-state index in [0.29, 0.717) is 0 Å². The number of carbonyl (C=O) groups excluding carboxylic acids is 1. The highest BCUT2D eigenvalue weighted by Crippen LogP contribution is 2.21. The molecule has 1 unspecified atom stereocenters. The van der Waals surface area contributed by atoms with Gasteiger partial charge in [0.1, 0.15) is 5.82 Å². The normalized spacial score (nSPS) is 13.3. The molecule has 0 saturated carbocycles. The molecule has 0 heterocycles. The van der Waals surface area contributed by atoms with Gasteiger partial charge in [0.15, 0.2) is 6.10 Å². The number of nitrogens with zero attached hydrogens (tertiary/aromatic N) is 1. The highest BCUT2D eigenvalue weighted by Gasteiger charge is 2.38. The number of aliphatic hydroxyl groups excluding tert-OH is 1. The third kappa shape index (κ3) is 5.86. The summed E-state index contributed by atoms with van der Waals surface area (Å²) in [6.45, 7) is -1.21. The van der Waals surface area contributed by atoms with Gasteiger partial charge in [0.2, 0.25) is 5.91 Å². The van der Waals surface area contributed by atoms with E-state index >= 15 is 0 Å². The zero-order chi connectivity index (χ0) is 16.2. The van der Waals surface area contributed by atoms with Crippen molar-refractivity contribution >= 4 is 23.2 Å². The minimum atomic E-state index is -4.76. The summed E-state index contributed by atoms with van der Waals surface area (Å²) in [4.78, 5) is 12.6. The maximum atomic E-state index is 13.4. The molecule has 1 amide bonds. The molecule has 0 aliphatic rings. The number of halogens is 5. The molecule has 1 aromatic carbocycles. The Labute approximate surface area is 123 Å². The number of amides is 1. The Bertz CT molecular complexity index is 511. The van der Waals surface area contributed by atoms with Crippen LogP contribution in [-0.4, -0.2) is 48.3 Å². The SMILES string of the molecule is CN(CC(=O)Nc1cc(Cl)ccc1F)CC(O)C(F)(F)F. The minimum Gasteiger partial charge on any atom is -0.382 e. The lowest BCUT2D eigenvalue weighted by Gasteiger charge is -2.21. The van der Waals surface area contributed by atoms with Crippen molar-refractivity contribution in [3.05, 3.63) is 29.0 Å². The van der Waals surface area contributed by atoms with Crippen LogP contribution in [-0.2, 0) is 4.79 Å². The molecule has 0 spiro atoms. The van der Waals surface area contributed by atoms with E-state index in [1.807, 2.05) is 0 Å². The van der Waals surface area contributed by atoms with Gasteiger partial charge in [-0.05, 0) is 25.2 Å². The van der Waals surface area contributed by atoms with Crippen LogP contribution >= 0.6 is 11.6 Å². The molecule has 0 saturated heterocycles. The van der Waals surface area contributed by atoms with Crippen LogP contribution in [0.1, 0.15) is 0 Å². The predicted octanol–water partition coefficient (Wildman–Crippen LogP) is 2.27. The number of anilines is 1. The molecule has 118 valence electrons. The van der Waals surface area contributed by atoms with Crippen molar-refractivity contribution in [3.8, 4) is 0 Å². The molecule has 9 heteroatoms. The fourth-order valence-corrected chi connectivity index (χ4v) is 1.66. The van der Waals surface area contributed by atoms with Crippen molar-refractivity contribution in [1.29, 1.82) is 0 Å². The van der Waals surface area contributed by atoms with Gasteiger partial charge in [0.25, 0.3) is 0 Å². The maximum absolute atomic E-state index is 13.4. The lowest BCUT2D eigenvalue weighted by molar-refractivity contribution is -0.207. The number of carbonyl (C=O) groups is 1. The Morgan fingerprint density at radius 2 is 2.10 bits per heavy atom. The molecule has 0 aliphatic heterocycles. The lowest BCUT2D eigenvalue weighted by atomic mass is 10.3. The number of likely N-dealkylation sites (N-methyl/N-ethyl adjacent to an activating group) is 1.